The van der Waals surface area contributed by atoms with Crippen LogP contribution in [0.4, 0.5) is 0 Å². The van der Waals surface area contributed by atoms with Gasteiger partial charge >= 0.3 is 42.1 Å². The molecule has 0 spiro atoms. The van der Waals surface area contributed by atoms with Gasteiger partial charge < -0.3 is 10.2 Å². The van der Waals surface area contributed by atoms with Gasteiger partial charge in [-0.3, -0.25) is 9.97 Å². The number of halogens is 2. The second kappa shape index (κ2) is 10.8. The normalized spacial score (nSPS) is 9.93. The third-order valence-corrected chi connectivity index (χ3v) is 3.65. The fourth-order valence-corrected chi connectivity index (χ4v) is 2.51. The molecule has 0 atom stereocenters. The molecule has 4 rings (SSSR count). The van der Waals surface area contributed by atoms with E-state index in [1.165, 1.54) is 0 Å². The summed E-state index contributed by atoms with van der Waals surface area (Å²) in [7, 11) is 0. The molecule has 4 nitrogen and oxygen atoms in total. The summed E-state index contributed by atoms with van der Waals surface area (Å²) in [6.45, 7) is 3.97. The number of aryl methyl sites for hydroxylation is 2. The first-order valence-corrected chi connectivity index (χ1v) is 20.8. The minimum absolute atomic E-state index is 0.145. The molecule has 0 bridgehead atoms. The molecule has 0 saturated heterocycles. The predicted octanol–water partition coefficient (Wildman–Crippen LogP) is 5.81. The van der Waals surface area contributed by atoms with Crippen molar-refractivity contribution in [3.05, 3.63) is 72.1 Å². The number of benzene rings is 2. The van der Waals surface area contributed by atoms with Crippen molar-refractivity contribution in [3.63, 3.8) is 0 Å². The molecule has 4 aromatic rings. The van der Waals surface area contributed by atoms with E-state index in [4.69, 9.17) is 0 Å². The maximum absolute atomic E-state index is 9.40. The molecule has 0 fully saturated rings. The summed E-state index contributed by atoms with van der Waals surface area (Å²) in [6.07, 6.45) is 3.50. The number of rotatable bonds is 0. The third-order valence-electron chi connectivity index (χ3n) is 3.65. The van der Waals surface area contributed by atoms with Crippen LogP contribution >= 0.6 is 25.4 Å². The molecule has 2 N–H and O–H groups in total. The Bertz CT molecular complexity index is 961. The molecule has 138 valence electrons. The van der Waals surface area contributed by atoms with Gasteiger partial charge in [-0.1, -0.05) is 24.3 Å². The summed E-state index contributed by atoms with van der Waals surface area (Å²) < 4.78 is 0. The minimum atomic E-state index is -0.145. The van der Waals surface area contributed by atoms with E-state index in [1.807, 2.05) is 50.2 Å². The van der Waals surface area contributed by atoms with E-state index in [1.54, 1.807) is 24.5 Å². The van der Waals surface area contributed by atoms with Crippen molar-refractivity contribution in [2.45, 2.75) is 13.8 Å². The van der Waals surface area contributed by atoms with Gasteiger partial charge in [-0.05, 0) is 49.2 Å². The van der Waals surface area contributed by atoms with Crippen LogP contribution in [0.1, 0.15) is 11.1 Å². The first kappa shape index (κ1) is 21.9. The molecule has 0 aliphatic carbocycles. The van der Waals surface area contributed by atoms with Gasteiger partial charge in [0.15, 0.2) is 0 Å². The Morgan fingerprint density at radius 3 is 1.48 bits per heavy atom. The summed E-state index contributed by atoms with van der Waals surface area (Å²) in [5.74, 6) is 0.486. The summed E-state index contributed by atoms with van der Waals surface area (Å²) in [4.78, 5) is 8.26. The number of phenolic OH excluding ortho intramolecular Hbond substituents is 2. The van der Waals surface area contributed by atoms with E-state index in [9.17, 15) is 10.2 Å². The number of fused-ring (bicyclic) bond motifs is 2. The fraction of sp³-hybridized carbons (Fsp3) is 0.100. The Morgan fingerprint density at radius 1 is 0.741 bits per heavy atom. The molecule has 0 aliphatic heterocycles. The van der Waals surface area contributed by atoms with Gasteiger partial charge in [0.05, 0.1) is 0 Å². The van der Waals surface area contributed by atoms with Crippen LogP contribution in [0.2, 0.25) is 0 Å². The second-order valence-electron chi connectivity index (χ2n) is 5.79. The summed E-state index contributed by atoms with van der Waals surface area (Å²) >= 11 is 6.32. The standard InChI is InChI=1S/2C10H9NO.2BrH.Sn/c2*1-7-5-8-3-2-4-9(12)10(8)11-6-7;;;/h2*2-6,12H,1H3;2*1H;/q;;;;+2/p-2. The van der Waals surface area contributed by atoms with E-state index in [-0.39, 0.29) is 28.2 Å². The van der Waals surface area contributed by atoms with E-state index in [0.29, 0.717) is 11.0 Å². The molecular formula is C20H18Br2N2O2Sn. The monoisotopic (exact) mass is 596 g/mol. The van der Waals surface area contributed by atoms with Gasteiger partial charge in [-0.15, -0.1) is 0 Å². The van der Waals surface area contributed by atoms with E-state index < -0.39 is 0 Å². The van der Waals surface area contributed by atoms with Crippen LogP contribution in [0.15, 0.2) is 60.9 Å². The Hall–Kier alpha value is -1.38. The third kappa shape index (κ3) is 6.33. The SMILES string of the molecule is Cc1cnc2c(O)cccc2c1.Cc1cnc2c(O)cccc2c1.[Br][Sn][Br]. The molecule has 2 heterocycles. The van der Waals surface area contributed by atoms with E-state index in [2.05, 4.69) is 35.4 Å². The molecular weight excluding hydrogens is 579 g/mol. The number of para-hydroxylation sites is 2. The van der Waals surface area contributed by atoms with Crippen LogP contribution in [0.5, 0.6) is 11.5 Å². The first-order valence-electron chi connectivity index (χ1n) is 8.01. The van der Waals surface area contributed by atoms with Crippen LogP contribution in [0.3, 0.4) is 0 Å². The average Bonchev–Trinajstić information content (AvgIpc) is 2.63. The quantitative estimate of drug-likeness (QED) is 0.252. The molecule has 0 saturated carbocycles. The van der Waals surface area contributed by atoms with Gasteiger partial charge in [-0.25, -0.2) is 0 Å². The van der Waals surface area contributed by atoms with Crippen molar-refractivity contribution < 1.29 is 10.2 Å². The van der Waals surface area contributed by atoms with Crippen LogP contribution in [-0.2, 0) is 0 Å². The molecule has 2 aromatic carbocycles. The number of nitrogens with zero attached hydrogens (tertiary/aromatic N) is 2. The van der Waals surface area contributed by atoms with Crippen molar-refractivity contribution in [1.82, 2.24) is 9.97 Å². The van der Waals surface area contributed by atoms with Crippen LogP contribution in [0.25, 0.3) is 21.8 Å². The molecule has 27 heavy (non-hydrogen) atoms. The molecule has 2 radical (unpaired) electrons. The summed E-state index contributed by atoms with van der Waals surface area (Å²) in [6, 6.07) is 14.8. The summed E-state index contributed by atoms with van der Waals surface area (Å²) in [5, 5.41) is 20.8. The molecule has 0 unspecified atom stereocenters. The Labute approximate surface area is 180 Å². The maximum atomic E-state index is 9.40. The first-order chi connectivity index (χ1) is 13.0. The van der Waals surface area contributed by atoms with Crippen molar-refractivity contribution >= 4 is 63.9 Å². The average molecular weight is 597 g/mol. The Morgan fingerprint density at radius 2 is 1.11 bits per heavy atom. The van der Waals surface area contributed by atoms with Crippen LogP contribution < -0.4 is 0 Å². The van der Waals surface area contributed by atoms with Gasteiger partial charge in [0.1, 0.15) is 22.5 Å². The number of pyridine rings is 2. The zero-order chi connectivity index (χ0) is 19.8. The Kier molecular flexibility index (Phi) is 8.79. The number of phenols is 2. The zero-order valence-corrected chi connectivity index (χ0v) is 20.8. The van der Waals surface area contributed by atoms with Crippen LogP contribution in [0, 0.1) is 13.8 Å². The number of aromatic hydroxyl groups is 2. The van der Waals surface area contributed by atoms with Crippen LogP contribution in [-0.4, -0.2) is 36.9 Å². The van der Waals surface area contributed by atoms with Gasteiger partial charge in [0.2, 0.25) is 0 Å². The summed E-state index contributed by atoms with van der Waals surface area (Å²) in [5.41, 5.74) is 3.55. The van der Waals surface area contributed by atoms with E-state index in [0.717, 1.165) is 21.9 Å². The zero-order valence-electron chi connectivity index (χ0n) is 14.8. The van der Waals surface area contributed by atoms with E-state index >= 15 is 0 Å². The van der Waals surface area contributed by atoms with Gasteiger partial charge in [0.25, 0.3) is 0 Å². The fourth-order valence-electron chi connectivity index (χ4n) is 2.51. The van der Waals surface area contributed by atoms with Crippen molar-refractivity contribution in [2.75, 3.05) is 0 Å². The number of hydrogen-bond donors (Lipinski definition) is 2. The molecule has 7 heteroatoms. The number of aromatic nitrogens is 2. The second-order valence-corrected chi connectivity index (χ2v) is 18.7. The van der Waals surface area contributed by atoms with Gasteiger partial charge in [0, 0.05) is 23.2 Å². The predicted molar refractivity (Wildman–Crippen MR) is 120 cm³/mol. The topological polar surface area (TPSA) is 66.2 Å². The molecule has 0 aliphatic rings. The molecule has 2 aromatic heterocycles. The number of hydrogen-bond acceptors (Lipinski definition) is 4. The van der Waals surface area contributed by atoms with Crippen molar-refractivity contribution in [3.8, 4) is 11.5 Å². The van der Waals surface area contributed by atoms with Crippen molar-refractivity contribution in [1.29, 1.82) is 0 Å². The molecule has 0 amide bonds. The van der Waals surface area contributed by atoms with Crippen molar-refractivity contribution in [2.24, 2.45) is 0 Å². The van der Waals surface area contributed by atoms with Gasteiger partial charge in [-0.2, -0.15) is 0 Å². The Balaban J connectivity index is 0.000000170.